The molecule has 8 rings (SSSR count). The van der Waals surface area contributed by atoms with E-state index in [9.17, 15) is 4.79 Å². The zero-order chi connectivity index (χ0) is 35.3. The third-order valence-electron chi connectivity index (χ3n) is 9.68. The third kappa shape index (κ3) is 5.88. The van der Waals surface area contributed by atoms with Crippen molar-refractivity contribution in [2.45, 2.75) is 38.3 Å². The molecule has 0 unspecified atom stereocenters. The minimum absolute atomic E-state index is 0.114. The van der Waals surface area contributed by atoms with Crippen LogP contribution < -0.4 is 5.56 Å². The Labute approximate surface area is 302 Å². The average Bonchev–Trinajstić information content (AvgIpc) is 3.70. The van der Waals surface area contributed by atoms with Crippen LogP contribution in [0.5, 0.6) is 0 Å². The van der Waals surface area contributed by atoms with Crippen molar-refractivity contribution in [3.05, 3.63) is 196 Å². The second-order valence-corrected chi connectivity index (χ2v) is 12.9. The lowest BCUT2D eigenvalue weighted by atomic mass is 9.77. The van der Waals surface area contributed by atoms with Gasteiger partial charge in [-0.1, -0.05) is 153 Å². The molecule has 0 aliphatic carbocycles. The predicted molar refractivity (Wildman–Crippen MR) is 205 cm³/mol. The summed E-state index contributed by atoms with van der Waals surface area (Å²) in [7, 11) is 0. The van der Waals surface area contributed by atoms with Crippen molar-refractivity contribution in [3.8, 4) is 22.5 Å². The Balaban J connectivity index is 1.23. The van der Waals surface area contributed by atoms with Crippen LogP contribution in [0.3, 0.4) is 0 Å². The van der Waals surface area contributed by atoms with Crippen LogP contribution in [-0.4, -0.2) is 34.7 Å². The molecule has 254 valence electrons. The van der Waals surface area contributed by atoms with Crippen molar-refractivity contribution in [2.24, 2.45) is 0 Å². The molecule has 0 bridgehead atoms. The second-order valence-electron chi connectivity index (χ2n) is 12.9. The lowest BCUT2D eigenvalue weighted by Gasteiger charge is -2.36. The third-order valence-corrected chi connectivity index (χ3v) is 9.68. The van der Waals surface area contributed by atoms with Crippen molar-refractivity contribution in [1.82, 2.24) is 34.7 Å². The molecule has 0 saturated carbocycles. The molecule has 3 aromatic heterocycles. The summed E-state index contributed by atoms with van der Waals surface area (Å²) in [4.78, 5) is 22.8. The van der Waals surface area contributed by atoms with Crippen molar-refractivity contribution < 1.29 is 0 Å². The van der Waals surface area contributed by atoms with E-state index in [1.54, 1.807) is 10.8 Å². The van der Waals surface area contributed by atoms with Gasteiger partial charge in [0.05, 0.1) is 12.1 Å². The van der Waals surface area contributed by atoms with Crippen LogP contribution in [-0.2, 0) is 18.5 Å². The highest BCUT2D eigenvalue weighted by atomic mass is 16.1. The average molecular weight is 680 g/mol. The minimum Gasteiger partial charge on any atom is -0.290 e. The summed E-state index contributed by atoms with van der Waals surface area (Å²) in [6.07, 6.45) is 4.34. The number of rotatable bonds is 11. The SMILES string of the molecule is CCCCc1nc2cccnc2c(=O)n1Cc1ccc(-c2ccccc2-c2nnnn2C(c2ccccc2)(c2ccccc2)c2ccccc2)cc1. The van der Waals surface area contributed by atoms with Gasteiger partial charge in [0, 0.05) is 18.2 Å². The smallest absolute Gasteiger partial charge is 0.280 e. The van der Waals surface area contributed by atoms with Crippen LogP contribution in [0.4, 0.5) is 0 Å². The highest BCUT2D eigenvalue weighted by Gasteiger charge is 2.42. The molecule has 8 aromatic rings. The lowest BCUT2D eigenvalue weighted by molar-refractivity contribution is 0.451. The van der Waals surface area contributed by atoms with E-state index in [1.165, 1.54) is 0 Å². The molecule has 0 aliphatic rings. The summed E-state index contributed by atoms with van der Waals surface area (Å²) in [5, 5.41) is 13.8. The van der Waals surface area contributed by atoms with Crippen molar-refractivity contribution >= 4 is 11.0 Å². The van der Waals surface area contributed by atoms with Crippen LogP contribution in [0.25, 0.3) is 33.5 Å². The quantitative estimate of drug-likeness (QED) is 0.128. The standard InChI is InChI=1S/C44H37N7O/c1-2-3-25-40-46-39-24-15-30-45-41(39)43(52)50(40)31-32-26-28-33(29-27-32)37-22-13-14-23-38(37)42-47-48-49-51(42)44(34-16-7-4-8-17-34,35-18-9-5-10-19-35)36-20-11-6-12-21-36/h4-24,26-30H,2-3,25,31H2,1H3. The number of aryl methyl sites for hydroxylation is 1. The molecule has 0 N–H and O–H groups in total. The molecule has 8 nitrogen and oxygen atoms in total. The number of fused-ring (bicyclic) bond motifs is 1. The fourth-order valence-electron chi connectivity index (χ4n) is 7.17. The molecule has 3 heterocycles. The first-order valence-corrected chi connectivity index (χ1v) is 17.7. The van der Waals surface area contributed by atoms with E-state index in [4.69, 9.17) is 15.3 Å². The topological polar surface area (TPSA) is 91.4 Å². The first-order chi connectivity index (χ1) is 25.7. The van der Waals surface area contributed by atoms with Crippen molar-refractivity contribution in [3.63, 3.8) is 0 Å². The zero-order valence-corrected chi connectivity index (χ0v) is 28.9. The fraction of sp³-hybridized carbons (Fsp3) is 0.136. The van der Waals surface area contributed by atoms with Gasteiger partial charge < -0.3 is 0 Å². The van der Waals surface area contributed by atoms with E-state index in [1.807, 2.05) is 47.1 Å². The summed E-state index contributed by atoms with van der Waals surface area (Å²) in [5.41, 5.74) is 7.06. The fourth-order valence-corrected chi connectivity index (χ4v) is 7.17. The lowest BCUT2D eigenvalue weighted by Crippen LogP contribution is -2.39. The highest BCUT2D eigenvalue weighted by Crippen LogP contribution is 2.43. The van der Waals surface area contributed by atoms with Crippen LogP contribution in [0.1, 0.15) is 47.8 Å². The maximum atomic E-state index is 13.6. The number of hydrogen-bond acceptors (Lipinski definition) is 6. The number of benzene rings is 5. The molecule has 8 heteroatoms. The maximum Gasteiger partial charge on any atom is 0.280 e. The van der Waals surface area contributed by atoms with Crippen LogP contribution in [0.15, 0.2) is 163 Å². The number of aromatic nitrogens is 7. The second kappa shape index (κ2) is 14.4. The first-order valence-electron chi connectivity index (χ1n) is 17.7. The van der Waals surface area contributed by atoms with Crippen molar-refractivity contribution in [1.29, 1.82) is 0 Å². The van der Waals surface area contributed by atoms with Gasteiger partial charge in [-0.3, -0.25) is 9.36 Å². The highest BCUT2D eigenvalue weighted by molar-refractivity contribution is 5.81. The van der Waals surface area contributed by atoms with Crippen LogP contribution >= 0.6 is 0 Å². The Bertz CT molecular complexity index is 2400. The molecular weight excluding hydrogens is 643 g/mol. The van der Waals surface area contributed by atoms with Gasteiger partial charge in [0.2, 0.25) is 0 Å². The van der Waals surface area contributed by atoms with Gasteiger partial charge in [0.1, 0.15) is 11.4 Å². The van der Waals surface area contributed by atoms with Gasteiger partial charge in [0.25, 0.3) is 5.56 Å². The summed E-state index contributed by atoms with van der Waals surface area (Å²) in [5.74, 6) is 1.42. The number of unbranched alkanes of at least 4 members (excludes halogenated alkanes) is 1. The van der Waals surface area contributed by atoms with Crippen molar-refractivity contribution in [2.75, 3.05) is 0 Å². The minimum atomic E-state index is -0.870. The Morgan fingerprint density at radius 3 is 1.87 bits per heavy atom. The van der Waals surface area contributed by atoms with Gasteiger partial charge in [-0.15, -0.1) is 5.10 Å². The molecule has 0 aliphatic heterocycles. The Morgan fingerprint density at radius 1 is 0.654 bits per heavy atom. The number of nitrogens with zero attached hydrogens (tertiary/aromatic N) is 7. The summed E-state index contributed by atoms with van der Waals surface area (Å²) in [6, 6.07) is 51.5. The predicted octanol–water partition coefficient (Wildman–Crippen LogP) is 8.34. The van der Waals surface area contributed by atoms with E-state index >= 15 is 0 Å². The van der Waals surface area contributed by atoms with E-state index in [-0.39, 0.29) is 5.56 Å². The molecule has 0 spiro atoms. The van der Waals surface area contributed by atoms with E-state index in [0.29, 0.717) is 23.4 Å². The van der Waals surface area contributed by atoms with Gasteiger partial charge in [-0.2, -0.15) is 0 Å². The molecule has 0 fully saturated rings. The monoisotopic (exact) mass is 679 g/mol. The Kier molecular flexibility index (Phi) is 9.02. The summed E-state index contributed by atoms with van der Waals surface area (Å²) >= 11 is 0. The number of hydrogen-bond donors (Lipinski definition) is 0. The van der Waals surface area contributed by atoms with E-state index in [0.717, 1.165) is 64.0 Å². The van der Waals surface area contributed by atoms with E-state index < -0.39 is 5.54 Å². The molecule has 0 amide bonds. The molecular formula is C44H37N7O. The molecule has 52 heavy (non-hydrogen) atoms. The number of pyridine rings is 1. The number of tetrazole rings is 1. The Hall–Kier alpha value is -6.54. The molecule has 5 aromatic carbocycles. The maximum absolute atomic E-state index is 13.6. The summed E-state index contributed by atoms with van der Waals surface area (Å²) in [6.45, 7) is 2.55. The van der Waals surface area contributed by atoms with E-state index in [2.05, 4.69) is 126 Å². The van der Waals surface area contributed by atoms with Gasteiger partial charge in [-0.05, 0) is 62.4 Å². The molecule has 0 radical (unpaired) electrons. The van der Waals surface area contributed by atoms with Crippen LogP contribution in [0.2, 0.25) is 0 Å². The van der Waals surface area contributed by atoms with Gasteiger partial charge in [0.15, 0.2) is 11.3 Å². The largest absolute Gasteiger partial charge is 0.290 e. The zero-order valence-electron chi connectivity index (χ0n) is 28.9. The first kappa shape index (κ1) is 32.7. The summed E-state index contributed by atoms with van der Waals surface area (Å²) < 4.78 is 3.74. The van der Waals surface area contributed by atoms with Gasteiger partial charge in [-0.25, -0.2) is 14.6 Å². The molecule has 0 atom stereocenters. The van der Waals surface area contributed by atoms with Gasteiger partial charge >= 0.3 is 0 Å². The normalized spacial score (nSPS) is 11.6. The molecule has 0 saturated heterocycles. The Morgan fingerprint density at radius 2 is 1.25 bits per heavy atom. The van der Waals surface area contributed by atoms with Crippen LogP contribution in [0, 0.1) is 0 Å².